The van der Waals surface area contributed by atoms with Crippen LogP contribution in [-0.2, 0) is 4.79 Å². The van der Waals surface area contributed by atoms with Gasteiger partial charge >= 0.3 is 5.97 Å². The molecular formula is C13H16INO3. The van der Waals surface area contributed by atoms with Crippen molar-refractivity contribution < 1.29 is 14.3 Å². The number of hydrogen-bond donors (Lipinski definition) is 2. The summed E-state index contributed by atoms with van der Waals surface area (Å²) in [4.78, 5) is 10.7. The molecule has 1 aliphatic carbocycles. The van der Waals surface area contributed by atoms with Gasteiger partial charge < -0.3 is 15.3 Å². The number of carbonyl (C=O) groups is 1. The molecule has 3 N–H and O–H groups in total. The summed E-state index contributed by atoms with van der Waals surface area (Å²) in [5, 5.41) is 8.77. The van der Waals surface area contributed by atoms with Crippen molar-refractivity contribution in [1.82, 2.24) is 0 Å². The van der Waals surface area contributed by atoms with Crippen LogP contribution in [0.1, 0.15) is 17.9 Å². The number of allylic oxidation sites excluding steroid dienone is 3. The third-order valence-electron chi connectivity index (χ3n) is 2.36. The molecule has 0 saturated carbocycles. The first-order valence-corrected chi connectivity index (χ1v) is 6.50. The molecule has 18 heavy (non-hydrogen) atoms. The number of rotatable bonds is 1. The summed E-state index contributed by atoms with van der Waals surface area (Å²) in [5.74, 6) is 1.13. The van der Waals surface area contributed by atoms with E-state index >= 15 is 0 Å². The summed E-state index contributed by atoms with van der Waals surface area (Å²) in [6.45, 7) is 3.88. The van der Waals surface area contributed by atoms with Crippen LogP contribution in [0.5, 0.6) is 0 Å². The van der Waals surface area contributed by atoms with Crippen molar-refractivity contribution in [1.29, 1.82) is 0 Å². The van der Waals surface area contributed by atoms with Gasteiger partial charge in [-0.25, -0.2) is 0 Å². The summed E-state index contributed by atoms with van der Waals surface area (Å²) in [6.07, 6.45) is 5.44. The van der Waals surface area contributed by atoms with Crippen LogP contribution in [0.2, 0.25) is 0 Å². The van der Waals surface area contributed by atoms with Crippen molar-refractivity contribution in [3.05, 3.63) is 47.6 Å². The van der Waals surface area contributed by atoms with Crippen LogP contribution >= 0.6 is 22.6 Å². The minimum absolute atomic E-state index is 0.388. The maximum Gasteiger partial charge on any atom is 0.323 e. The van der Waals surface area contributed by atoms with Crippen LogP contribution in [0, 0.1) is 13.8 Å². The largest absolute Gasteiger partial charge is 0.480 e. The fraction of sp³-hybridized carbons (Fsp3) is 0.308. The standard InChI is InChI=1S/C7H8INO2.C6H8O/c8-7(6(10)11)3-1-2-5(9)4-7;1-5-3-4-6(2)7-5/h1-3H,4,9H2,(H,10,11);3-4H,1-2H3. The summed E-state index contributed by atoms with van der Waals surface area (Å²) in [6, 6.07) is 3.91. The lowest BCUT2D eigenvalue weighted by atomic mass is 9.99. The first-order chi connectivity index (χ1) is 8.33. The number of carboxylic acids is 1. The molecule has 1 aromatic rings. The van der Waals surface area contributed by atoms with Crippen molar-refractivity contribution in [2.75, 3.05) is 0 Å². The van der Waals surface area contributed by atoms with Crippen LogP contribution in [0.4, 0.5) is 0 Å². The fourth-order valence-corrected chi connectivity index (χ4v) is 2.09. The second-order valence-electron chi connectivity index (χ2n) is 4.10. The third-order valence-corrected chi connectivity index (χ3v) is 3.56. The van der Waals surface area contributed by atoms with Crippen molar-refractivity contribution in [2.45, 2.75) is 23.7 Å². The Morgan fingerprint density at radius 3 is 2.28 bits per heavy atom. The van der Waals surface area contributed by atoms with Gasteiger partial charge in [0.15, 0.2) is 0 Å². The molecule has 1 aromatic heterocycles. The van der Waals surface area contributed by atoms with Gasteiger partial charge in [-0.1, -0.05) is 34.7 Å². The Morgan fingerprint density at radius 1 is 1.44 bits per heavy atom. The number of halogens is 1. The number of alkyl halides is 1. The second-order valence-corrected chi connectivity index (χ2v) is 6.03. The average molecular weight is 361 g/mol. The molecule has 98 valence electrons. The average Bonchev–Trinajstić information content (AvgIpc) is 2.63. The molecule has 1 aliphatic rings. The predicted octanol–water partition coefficient (Wildman–Crippen LogP) is 2.94. The quantitative estimate of drug-likeness (QED) is 0.596. The van der Waals surface area contributed by atoms with Crippen molar-refractivity contribution >= 4 is 28.6 Å². The van der Waals surface area contributed by atoms with Gasteiger partial charge in [-0.2, -0.15) is 0 Å². The Bertz CT molecular complexity index is 474. The van der Waals surface area contributed by atoms with Gasteiger partial charge in [0.1, 0.15) is 14.9 Å². The van der Waals surface area contributed by atoms with Gasteiger partial charge in [0.25, 0.3) is 0 Å². The van der Waals surface area contributed by atoms with E-state index in [0.29, 0.717) is 12.1 Å². The molecule has 2 rings (SSSR count). The highest BCUT2D eigenvalue weighted by Crippen LogP contribution is 2.30. The van der Waals surface area contributed by atoms with Crippen LogP contribution in [0.3, 0.4) is 0 Å². The molecule has 1 heterocycles. The van der Waals surface area contributed by atoms with E-state index in [4.69, 9.17) is 15.3 Å². The number of nitrogens with two attached hydrogens (primary N) is 1. The van der Waals surface area contributed by atoms with E-state index in [9.17, 15) is 4.79 Å². The van der Waals surface area contributed by atoms with E-state index in [-0.39, 0.29) is 0 Å². The second kappa shape index (κ2) is 6.08. The molecular weight excluding hydrogens is 345 g/mol. The lowest BCUT2D eigenvalue weighted by Gasteiger charge is -2.20. The fourth-order valence-electron chi connectivity index (χ4n) is 1.44. The van der Waals surface area contributed by atoms with Crippen LogP contribution in [0.25, 0.3) is 0 Å². The first kappa shape index (κ1) is 14.8. The minimum atomic E-state index is -0.842. The van der Waals surface area contributed by atoms with E-state index in [2.05, 4.69) is 0 Å². The van der Waals surface area contributed by atoms with E-state index in [1.165, 1.54) is 0 Å². The minimum Gasteiger partial charge on any atom is -0.480 e. The summed E-state index contributed by atoms with van der Waals surface area (Å²) in [5.41, 5.74) is 6.10. The number of aryl methyl sites for hydroxylation is 2. The number of furan rings is 1. The van der Waals surface area contributed by atoms with Crippen LogP contribution in [0.15, 0.2) is 40.5 Å². The molecule has 0 bridgehead atoms. The molecule has 0 aliphatic heterocycles. The Balaban J connectivity index is 0.000000199. The number of hydrogen-bond acceptors (Lipinski definition) is 3. The van der Waals surface area contributed by atoms with Gasteiger partial charge in [-0.05, 0) is 32.1 Å². The van der Waals surface area contributed by atoms with E-state index in [1.807, 2.05) is 48.6 Å². The van der Waals surface area contributed by atoms with Crippen molar-refractivity contribution in [2.24, 2.45) is 5.73 Å². The monoisotopic (exact) mass is 361 g/mol. The Hall–Kier alpha value is -1.24. The lowest BCUT2D eigenvalue weighted by Crippen LogP contribution is -2.32. The Labute approximate surface area is 120 Å². The molecule has 5 heteroatoms. The van der Waals surface area contributed by atoms with Crippen LogP contribution in [-0.4, -0.2) is 14.5 Å². The predicted molar refractivity (Wildman–Crippen MR) is 78.6 cm³/mol. The van der Waals surface area contributed by atoms with E-state index < -0.39 is 9.39 Å². The SMILES string of the molecule is Cc1ccc(C)o1.NC1=CC=CC(I)(C(=O)O)C1. The zero-order valence-corrected chi connectivity index (χ0v) is 12.5. The summed E-state index contributed by atoms with van der Waals surface area (Å²) >= 11 is 1.89. The molecule has 0 saturated heterocycles. The van der Waals surface area contributed by atoms with Gasteiger partial charge in [-0.3, -0.25) is 4.79 Å². The normalized spacial score (nSPS) is 21.8. The summed E-state index contributed by atoms with van der Waals surface area (Å²) < 4.78 is 4.25. The van der Waals surface area contributed by atoms with Gasteiger partial charge in [0.2, 0.25) is 0 Å². The molecule has 1 unspecified atom stereocenters. The molecule has 4 nitrogen and oxygen atoms in total. The molecule has 0 radical (unpaired) electrons. The highest BCUT2D eigenvalue weighted by atomic mass is 127. The molecule has 0 spiro atoms. The van der Waals surface area contributed by atoms with Crippen molar-refractivity contribution in [3.63, 3.8) is 0 Å². The molecule has 0 amide bonds. The Morgan fingerprint density at radius 2 is 2.00 bits per heavy atom. The third kappa shape index (κ3) is 4.21. The lowest BCUT2D eigenvalue weighted by molar-refractivity contribution is -0.138. The Kier molecular flexibility index (Phi) is 5.01. The first-order valence-electron chi connectivity index (χ1n) is 5.43. The van der Waals surface area contributed by atoms with E-state index in [1.54, 1.807) is 18.2 Å². The van der Waals surface area contributed by atoms with Gasteiger partial charge in [0, 0.05) is 12.1 Å². The van der Waals surface area contributed by atoms with Crippen LogP contribution < -0.4 is 5.73 Å². The van der Waals surface area contributed by atoms with Gasteiger partial charge in [-0.15, -0.1) is 0 Å². The van der Waals surface area contributed by atoms with Gasteiger partial charge in [0.05, 0.1) is 0 Å². The highest BCUT2D eigenvalue weighted by molar-refractivity contribution is 14.1. The smallest absolute Gasteiger partial charge is 0.323 e. The zero-order valence-electron chi connectivity index (χ0n) is 10.3. The maximum atomic E-state index is 10.7. The van der Waals surface area contributed by atoms with E-state index in [0.717, 1.165) is 11.5 Å². The number of aliphatic carboxylic acids is 1. The maximum absolute atomic E-state index is 10.7. The summed E-state index contributed by atoms with van der Waals surface area (Å²) in [7, 11) is 0. The molecule has 0 aromatic carbocycles. The highest BCUT2D eigenvalue weighted by Gasteiger charge is 2.34. The number of carboxylic acid groups (broad SMARTS) is 1. The molecule has 1 atom stereocenters. The zero-order chi connectivity index (χ0) is 13.8. The topological polar surface area (TPSA) is 76.5 Å². The molecule has 0 fully saturated rings. The van der Waals surface area contributed by atoms with Crippen molar-refractivity contribution in [3.8, 4) is 0 Å².